The molecule has 2 heterocycles. The lowest BCUT2D eigenvalue weighted by Gasteiger charge is -2.08. The van der Waals surface area contributed by atoms with Crippen LogP contribution in [0.5, 0.6) is 0 Å². The third-order valence-electron chi connectivity index (χ3n) is 5.07. The number of aryl methyl sites for hydroxylation is 3. The van der Waals surface area contributed by atoms with Gasteiger partial charge in [0.25, 0.3) is 0 Å². The second kappa shape index (κ2) is 9.21. The third-order valence-corrected chi connectivity index (χ3v) is 5.07. The maximum Gasteiger partial charge on any atom is 0.239 e. The Morgan fingerprint density at radius 2 is 1.77 bits per heavy atom. The number of nitrogens with zero attached hydrogens (tertiary/aromatic N) is 4. The summed E-state index contributed by atoms with van der Waals surface area (Å²) in [7, 11) is 0. The van der Waals surface area contributed by atoms with Crippen LogP contribution in [-0.4, -0.2) is 36.1 Å². The molecule has 31 heavy (non-hydrogen) atoms. The minimum absolute atomic E-state index is 0.0192. The quantitative estimate of drug-likeness (QED) is 0.259. The van der Waals surface area contributed by atoms with E-state index in [0.29, 0.717) is 12.2 Å². The van der Waals surface area contributed by atoms with Crippen LogP contribution in [0.4, 0.5) is 0 Å². The number of hydrogen-bond acceptors (Lipinski definition) is 5. The van der Waals surface area contributed by atoms with Crippen LogP contribution < -0.4 is 0 Å². The maximum absolute atomic E-state index is 13.0. The number of aromatic nitrogens is 5. The summed E-state index contributed by atoms with van der Waals surface area (Å²) in [4.78, 5) is 13.0. The molecule has 0 saturated carbocycles. The largest absolute Gasteiger partial charge is 0.504 e. The molecule has 0 aliphatic heterocycles. The summed E-state index contributed by atoms with van der Waals surface area (Å²) in [6.07, 6.45) is 4.83. The van der Waals surface area contributed by atoms with E-state index in [1.165, 1.54) is 11.1 Å². The number of rotatable bonds is 8. The van der Waals surface area contributed by atoms with Gasteiger partial charge < -0.3 is 9.67 Å². The molecule has 0 atom stereocenters. The minimum Gasteiger partial charge on any atom is -0.504 e. The average molecular weight is 413 g/mol. The number of ketones is 1. The van der Waals surface area contributed by atoms with Gasteiger partial charge in [-0.1, -0.05) is 60.2 Å². The molecular formula is C24H23N5O2. The molecule has 0 aliphatic carbocycles. The number of aromatic amines is 1. The smallest absolute Gasteiger partial charge is 0.239 e. The fraction of sp³-hybridized carbons (Fsp3) is 0.167. The van der Waals surface area contributed by atoms with Crippen LogP contribution in [0.2, 0.25) is 0 Å². The molecular weight excluding hydrogens is 390 g/mol. The number of aliphatic hydroxyl groups excluding tert-OH is 1. The fourth-order valence-electron chi connectivity index (χ4n) is 3.40. The number of H-pyrrole nitrogens is 1. The second-order valence-electron chi connectivity index (χ2n) is 7.46. The molecule has 4 aromatic rings. The van der Waals surface area contributed by atoms with Crippen molar-refractivity contribution in [1.29, 1.82) is 0 Å². The van der Waals surface area contributed by atoms with Crippen LogP contribution in [0.25, 0.3) is 5.76 Å². The second-order valence-corrected chi connectivity index (χ2v) is 7.46. The van der Waals surface area contributed by atoms with Crippen molar-refractivity contribution in [2.75, 3.05) is 0 Å². The van der Waals surface area contributed by atoms with Crippen LogP contribution in [0.15, 0.2) is 72.9 Å². The number of carbonyl (C=O) groups excluding carboxylic acids is 1. The molecule has 156 valence electrons. The van der Waals surface area contributed by atoms with E-state index in [2.05, 4.69) is 57.0 Å². The van der Waals surface area contributed by atoms with Gasteiger partial charge in [0.15, 0.2) is 5.76 Å². The van der Waals surface area contributed by atoms with E-state index < -0.39 is 0 Å². The normalized spacial score (nSPS) is 11.6. The van der Waals surface area contributed by atoms with Crippen molar-refractivity contribution in [3.63, 3.8) is 0 Å². The Morgan fingerprint density at radius 1 is 1.03 bits per heavy atom. The zero-order chi connectivity index (χ0) is 21.6. The zero-order valence-electron chi connectivity index (χ0n) is 17.2. The number of tetrazole rings is 1. The standard InChI is InChI=1S/C24H23N5O2/c1-17-7-9-19(10-8-17)15-29-16-20(12-11-18-5-3-2-4-6-18)13-21(29)22(30)14-23(31)24-25-27-28-26-24/h2-10,13-14,16,31H,11-12,15H2,1H3,(H,25,26,27,28). The molecule has 7 nitrogen and oxygen atoms in total. The van der Waals surface area contributed by atoms with E-state index >= 15 is 0 Å². The molecule has 2 aromatic carbocycles. The van der Waals surface area contributed by atoms with E-state index in [4.69, 9.17) is 0 Å². The number of nitrogens with one attached hydrogen (secondary N) is 1. The van der Waals surface area contributed by atoms with Gasteiger partial charge in [-0.3, -0.25) is 4.79 Å². The highest BCUT2D eigenvalue weighted by atomic mass is 16.3. The zero-order valence-corrected chi connectivity index (χ0v) is 17.2. The lowest BCUT2D eigenvalue weighted by Crippen LogP contribution is -2.08. The Kier molecular flexibility index (Phi) is 6.03. The van der Waals surface area contributed by atoms with Gasteiger partial charge in [0.05, 0.1) is 5.69 Å². The molecule has 0 aliphatic rings. The SMILES string of the molecule is Cc1ccc(Cn2cc(CCc3ccccc3)cc2C(=O)C=C(O)c2nn[nH]n2)cc1. The predicted octanol–water partition coefficient (Wildman–Crippen LogP) is 3.92. The van der Waals surface area contributed by atoms with E-state index in [9.17, 15) is 9.90 Å². The summed E-state index contributed by atoms with van der Waals surface area (Å²) in [5, 5.41) is 23.2. The number of allylic oxidation sites excluding steroid dienone is 1. The first kappa shape index (κ1) is 20.3. The molecule has 0 bridgehead atoms. The van der Waals surface area contributed by atoms with Gasteiger partial charge in [-0.2, -0.15) is 5.21 Å². The average Bonchev–Trinajstić information content (AvgIpc) is 3.45. The van der Waals surface area contributed by atoms with E-state index in [1.54, 1.807) is 0 Å². The molecule has 2 aromatic heterocycles. The molecule has 0 unspecified atom stereocenters. The first-order valence-corrected chi connectivity index (χ1v) is 10.1. The molecule has 2 N–H and O–H groups in total. The van der Waals surface area contributed by atoms with Gasteiger partial charge in [0.1, 0.15) is 0 Å². The predicted molar refractivity (Wildman–Crippen MR) is 118 cm³/mol. The van der Waals surface area contributed by atoms with E-state index in [1.807, 2.05) is 42.0 Å². The lowest BCUT2D eigenvalue weighted by atomic mass is 10.1. The third kappa shape index (κ3) is 5.14. The van der Waals surface area contributed by atoms with Crippen LogP contribution in [0, 0.1) is 6.92 Å². The van der Waals surface area contributed by atoms with Gasteiger partial charge in [-0.05, 0) is 47.7 Å². The highest BCUT2D eigenvalue weighted by molar-refractivity contribution is 6.06. The molecule has 0 spiro atoms. The van der Waals surface area contributed by atoms with Crippen LogP contribution in [0.1, 0.15) is 38.6 Å². The van der Waals surface area contributed by atoms with Gasteiger partial charge in [-0.15, -0.1) is 10.2 Å². The summed E-state index contributed by atoms with van der Waals surface area (Å²) in [6, 6.07) is 20.4. The van der Waals surface area contributed by atoms with Crippen LogP contribution in [-0.2, 0) is 19.4 Å². The van der Waals surface area contributed by atoms with Crippen molar-refractivity contribution in [2.45, 2.75) is 26.3 Å². The van der Waals surface area contributed by atoms with E-state index in [-0.39, 0.29) is 17.4 Å². The maximum atomic E-state index is 13.0. The first-order chi connectivity index (χ1) is 15.1. The molecule has 0 saturated heterocycles. The number of aliphatic hydroxyl groups is 1. The fourth-order valence-corrected chi connectivity index (χ4v) is 3.40. The molecule has 4 rings (SSSR count). The van der Waals surface area contributed by atoms with Crippen molar-refractivity contribution < 1.29 is 9.90 Å². The summed E-state index contributed by atoms with van der Waals surface area (Å²) < 4.78 is 1.92. The monoisotopic (exact) mass is 413 g/mol. The van der Waals surface area contributed by atoms with Crippen LogP contribution in [0.3, 0.4) is 0 Å². The lowest BCUT2D eigenvalue weighted by molar-refractivity contribution is 0.103. The number of carbonyl (C=O) groups is 1. The first-order valence-electron chi connectivity index (χ1n) is 10.1. The summed E-state index contributed by atoms with van der Waals surface area (Å²) in [5.41, 5.74) is 5.09. The highest BCUT2D eigenvalue weighted by Crippen LogP contribution is 2.17. The van der Waals surface area contributed by atoms with Gasteiger partial charge in [0, 0.05) is 18.8 Å². The topological polar surface area (TPSA) is 96.7 Å². The highest BCUT2D eigenvalue weighted by Gasteiger charge is 2.15. The minimum atomic E-state index is -0.326. The van der Waals surface area contributed by atoms with Gasteiger partial charge >= 0.3 is 0 Å². The Morgan fingerprint density at radius 3 is 2.48 bits per heavy atom. The van der Waals surface area contributed by atoms with Crippen LogP contribution >= 0.6 is 0 Å². The Bertz CT molecular complexity index is 1180. The molecule has 7 heteroatoms. The molecule has 0 amide bonds. The van der Waals surface area contributed by atoms with Crippen molar-refractivity contribution in [3.05, 3.63) is 107 Å². The number of benzene rings is 2. The summed E-state index contributed by atoms with van der Waals surface area (Å²) in [6.45, 7) is 2.60. The summed E-state index contributed by atoms with van der Waals surface area (Å²) in [5.74, 6) is -0.665. The van der Waals surface area contributed by atoms with Crippen molar-refractivity contribution in [1.82, 2.24) is 25.2 Å². The number of hydrogen-bond donors (Lipinski definition) is 2. The Balaban J connectivity index is 1.60. The van der Waals surface area contributed by atoms with E-state index in [0.717, 1.165) is 30.0 Å². The van der Waals surface area contributed by atoms with Gasteiger partial charge in [-0.25, -0.2) is 0 Å². The molecule has 0 radical (unpaired) electrons. The van der Waals surface area contributed by atoms with Crippen molar-refractivity contribution in [2.24, 2.45) is 0 Å². The van der Waals surface area contributed by atoms with Crippen molar-refractivity contribution >= 4 is 11.5 Å². The Labute approximate surface area is 180 Å². The summed E-state index contributed by atoms with van der Waals surface area (Å²) >= 11 is 0. The molecule has 0 fully saturated rings. The van der Waals surface area contributed by atoms with Gasteiger partial charge in [0.2, 0.25) is 11.6 Å². The Hall–Kier alpha value is -4.00. The van der Waals surface area contributed by atoms with Crippen molar-refractivity contribution in [3.8, 4) is 0 Å².